The number of nitrogens with two attached hydrogens (primary N) is 1. The van der Waals surface area contributed by atoms with Crippen molar-refractivity contribution in [3.63, 3.8) is 0 Å². The summed E-state index contributed by atoms with van der Waals surface area (Å²) in [7, 11) is 0. The van der Waals surface area contributed by atoms with Crippen molar-refractivity contribution in [3.05, 3.63) is 65.9 Å². The summed E-state index contributed by atoms with van der Waals surface area (Å²) in [6, 6.07) is 11.4. The molecule has 0 spiro atoms. The second-order valence-electron chi connectivity index (χ2n) is 4.56. The molecule has 1 aromatic heterocycles. The van der Waals surface area contributed by atoms with Crippen molar-refractivity contribution in [3.8, 4) is 11.5 Å². The molecule has 0 aliphatic carbocycles. The van der Waals surface area contributed by atoms with Crippen molar-refractivity contribution in [1.82, 2.24) is 4.98 Å². The van der Waals surface area contributed by atoms with Gasteiger partial charge in [-0.2, -0.15) is 0 Å². The van der Waals surface area contributed by atoms with Gasteiger partial charge in [-0.05, 0) is 29.8 Å². The van der Waals surface area contributed by atoms with Gasteiger partial charge in [-0.1, -0.05) is 18.2 Å². The molecule has 0 saturated carbocycles. The Kier molecular flexibility index (Phi) is 3.50. The van der Waals surface area contributed by atoms with Crippen LogP contribution in [0.25, 0.3) is 10.9 Å². The van der Waals surface area contributed by atoms with Gasteiger partial charge >= 0.3 is 0 Å². The van der Waals surface area contributed by atoms with Gasteiger partial charge in [-0.3, -0.25) is 4.98 Å². The largest absolute Gasteiger partial charge is 0.450 e. The summed E-state index contributed by atoms with van der Waals surface area (Å²) in [5.74, 6) is -1.76. The molecule has 0 unspecified atom stereocenters. The SMILES string of the molecule is NCc1cc(F)c(Oc2cnc3ccccc3c2)c(F)c1. The van der Waals surface area contributed by atoms with Gasteiger partial charge in [-0.25, -0.2) is 8.78 Å². The zero-order valence-electron chi connectivity index (χ0n) is 11.0. The molecular weight excluding hydrogens is 274 g/mol. The van der Waals surface area contributed by atoms with E-state index in [0.29, 0.717) is 5.56 Å². The second kappa shape index (κ2) is 5.46. The van der Waals surface area contributed by atoms with Crippen LogP contribution in [0.2, 0.25) is 0 Å². The van der Waals surface area contributed by atoms with Crippen LogP contribution in [0.5, 0.6) is 11.5 Å². The Bertz CT molecular complexity index is 782. The first-order valence-electron chi connectivity index (χ1n) is 6.38. The molecule has 1 heterocycles. The average molecular weight is 286 g/mol. The van der Waals surface area contributed by atoms with Gasteiger partial charge < -0.3 is 10.5 Å². The highest BCUT2D eigenvalue weighted by Crippen LogP contribution is 2.29. The zero-order valence-corrected chi connectivity index (χ0v) is 11.0. The summed E-state index contributed by atoms with van der Waals surface area (Å²) >= 11 is 0. The summed E-state index contributed by atoms with van der Waals surface area (Å²) in [6.07, 6.45) is 1.43. The Balaban J connectivity index is 1.98. The van der Waals surface area contributed by atoms with E-state index in [1.807, 2.05) is 24.3 Å². The van der Waals surface area contributed by atoms with Crippen LogP contribution >= 0.6 is 0 Å². The van der Waals surface area contributed by atoms with Gasteiger partial charge in [-0.15, -0.1) is 0 Å². The third-order valence-corrected chi connectivity index (χ3v) is 3.08. The summed E-state index contributed by atoms with van der Waals surface area (Å²) in [4.78, 5) is 4.18. The Hall–Kier alpha value is -2.53. The molecule has 0 aliphatic heterocycles. The van der Waals surface area contributed by atoms with E-state index in [9.17, 15) is 8.78 Å². The number of halogens is 2. The number of hydrogen-bond donors (Lipinski definition) is 1. The molecule has 3 rings (SSSR count). The highest BCUT2D eigenvalue weighted by molar-refractivity contribution is 5.79. The van der Waals surface area contributed by atoms with E-state index in [4.69, 9.17) is 10.5 Å². The molecular formula is C16H12F2N2O. The number of aromatic nitrogens is 1. The highest BCUT2D eigenvalue weighted by atomic mass is 19.1. The van der Waals surface area contributed by atoms with Gasteiger partial charge in [0, 0.05) is 11.9 Å². The van der Waals surface area contributed by atoms with Crippen molar-refractivity contribution >= 4 is 10.9 Å². The Morgan fingerprint density at radius 1 is 1.05 bits per heavy atom. The zero-order chi connectivity index (χ0) is 14.8. The van der Waals surface area contributed by atoms with Crippen LogP contribution in [-0.4, -0.2) is 4.98 Å². The maximum absolute atomic E-state index is 13.9. The number of benzene rings is 2. The molecule has 0 radical (unpaired) electrons. The molecule has 0 aliphatic rings. The summed E-state index contributed by atoms with van der Waals surface area (Å²) < 4.78 is 33.0. The lowest BCUT2D eigenvalue weighted by Gasteiger charge is -2.09. The normalized spacial score (nSPS) is 10.8. The third kappa shape index (κ3) is 2.68. The smallest absolute Gasteiger partial charge is 0.198 e. The Morgan fingerprint density at radius 3 is 2.48 bits per heavy atom. The van der Waals surface area contributed by atoms with Crippen molar-refractivity contribution < 1.29 is 13.5 Å². The van der Waals surface area contributed by atoms with Crippen LogP contribution in [0.3, 0.4) is 0 Å². The number of nitrogens with zero attached hydrogens (tertiary/aromatic N) is 1. The number of fused-ring (bicyclic) bond motifs is 1. The fourth-order valence-corrected chi connectivity index (χ4v) is 2.05. The topological polar surface area (TPSA) is 48.1 Å². The summed E-state index contributed by atoms with van der Waals surface area (Å²) in [5, 5.41) is 0.828. The van der Waals surface area contributed by atoms with Crippen molar-refractivity contribution in [2.45, 2.75) is 6.54 Å². The van der Waals surface area contributed by atoms with E-state index in [1.165, 1.54) is 6.20 Å². The van der Waals surface area contributed by atoms with Crippen molar-refractivity contribution in [2.75, 3.05) is 0 Å². The van der Waals surface area contributed by atoms with Crippen LogP contribution < -0.4 is 10.5 Å². The predicted octanol–water partition coefficient (Wildman–Crippen LogP) is 3.76. The van der Waals surface area contributed by atoms with Crippen LogP contribution in [0.4, 0.5) is 8.78 Å². The Labute approximate surface area is 120 Å². The molecule has 2 aromatic carbocycles. The minimum Gasteiger partial charge on any atom is -0.450 e. The van der Waals surface area contributed by atoms with E-state index in [-0.39, 0.29) is 12.3 Å². The van der Waals surface area contributed by atoms with Gasteiger partial charge in [0.1, 0.15) is 5.75 Å². The maximum Gasteiger partial charge on any atom is 0.198 e. The lowest BCUT2D eigenvalue weighted by molar-refractivity contribution is 0.406. The molecule has 5 heteroatoms. The molecule has 3 nitrogen and oxygen atoms in total. The van der Waals surface area contributed by atoms with E-state index in [1.54, 1.807) is 6.07 Å². The third-order valence-electron chi connectivity index (χ3n) is 3.08. The van der Waals surface area contributed by atoms with E-state index in [0.717, 1.165) is 23.0 Å². The maximum atomic E-state index is 13.9. The van der Waals surface area contributed by atoms with Gasteiger partial charge in [0.2, 0.25) is 0 Å². The van der Waals surface area contributed by atoms with E-state index in [2.05, 4.69) is 4.98 Å². The van der Waals surface area contributed by atoms with Crippen molar-refractivity contribution in [1.29, 1.82) is 0 Å². The molecule has 0 amide bonds. The van der Waals surface area contributed by atoms with E-state index >= 15 is 0 Å². The minimum atomic E-state index is -0.788. The fraction of sp³-hybridized carbons (Fsp3) is 0.0625. The molecule has 21 heavy (non-hydrogen) atoms. The second-order valence-corrected chi connectivity index (χ2v) is 4.56. The van der Waals surface area contributed by atoms with E-state index < -0.39 is 17.4 Å². The first kappa shape index (κ1) is 13.5. The molecule has 0 bridgehead atoms. The fourth-order valence-electron chi connectivity index (χ4n) is 2.05. The van der Waals surface area contributed by atoms with Crippen LogP contribution in [0.1, 0.15) is 5.56 Å². The molecule has 2 N–H and O–H groups in total. The monoisotopic (exact) mass is 286 g/mol. The number of pyridine rings is 1. The van der Waals surface area contributed by atoms with Crippen LogP contribution in [0.15, 0.2) is 48.7 Å². The van der Waals surface area contributed by atoms with Gasteiger partial charge in [0.05, 0.1) is 11.7 Å². The molecule has 0 fully saturated rings. The average Bonchev–Trinajstić information content (AvgIpc) is 2.50. The lowest BCUT2D eigenvalue weighted by atomic mass is 10.2. The number of hydrogen-bond acceptors (Lipinski definition) is 3. The minimum absolute atomic E-state index is 0.0612. The molecule has 0 atom stereocenters. The van der Waals surface area contributed by atoms with Gasteiger partial charge in [0.15, 0.2) is 17.4 Å². The predicted molar refractivity (Wildman–Crippen MR) is 76.1 cm³/mol. The Morgan fingerprint density at radius 2 is 1.76 bits per heavy atom. The quantitative estimate of drug-likeness (QED) is 0.797. The number of ether oxygens (including phenoxy) is 1. The molecule has 3 aromatic rings. The summed E-state index contributed by atoms with van der Waals surface area (Å²) in [5.41, 5.74) is 6.52. The lowest BCUT2D eigenvalue weighted by Crippen LogP contribution is -2.00. The highest BCUT2D eigenvalue weighted by Gasteiger charge is 2.13. The van der Waals surface area contributed by atoms with Crippen LogP contribution in [-0.2, 0) is 6.54 Å². The van der Waals surface area contributed by atoms with Gasteiger partial charge in [0.25, 0.3) is 0 Å². The summed E-state index contributed by atoms with van der Waals surface area (Å²) in [6.45, 7) is 0.0612. The van der Waals surface area contributed by atoms with Crippen molar-refractivity contribution in [2.24, 2.45) is 5.73 Å². The first-order chi connectivity index (χ1) is 10.2. The standard InChI is InChI=1S/C16H12F2N2O/c17-13-5-10(8-19)6-14(18)16(13)21-12-7-11-3-1-2-4-15(11)20-9-12/h1-7,9H,8,19H2. The first-order valence-corrected chi connectivity index (χ1v) is 6.38. The van der Waals surface area contributed by atoms with Crippen LogP contribution in [0, 0.1) is 11.6 Å². The number of rotatable bonds is 3. The molecule has 0 saturated heterocycles. The number of para-hydroxylation sites is 1. The molecule has 106 valence electrons.